The van der Waals surface area contributed by atoms with Gasteiger partial charge in [-0.15, -0.1) is 11.3 Å². The van der Waals surface area contributed by atoms with E-state index in [1.807, 2.05) is 0 Å². The molecule has 0 amide bonds. The zero-order valence-corrected chi connectivity index (χ0v) is 19.2. The van der Waals surface area contributed by atoms with Gasteiger partial charge in [-0.25, -0.2) is 9.78 Å². The number of carbonyl (C=O) groups is 1. The van der Waals surface area contributed by atoms with Crippen LogP contribution in [0.5, 0.6) is 0 Å². The molecule has 3 aromatic heterocycles. The maximum absolute atomic E-state index is 12.6. The van der Waals surface area contributed by atoms with Gasteiger partial charge >= 0.3 is 5.97 Å². The van der Waals surface area contributed by atoms with Gasteiger partial charge in [0.05, 0.1) is 22.6 Å². The largest absolute Gasteiger partial charge is 0.465 e. The van der Waals surface area contributed by atoms with Crippen molar-refractivity contribution >= 4 is 73.4 Å². The van der Waals surface area contributed by atoms with Gasteiger partial charge in [0.1, 0.15) is 21.2 Å². The van der Waals surface area contributed by atoms with Crippen LogP contribution in [-0.4, -0.2) is 23.0 Å². The fourth-order valence-electron chi connectivity index (χ4n) is 3.00. The number of aromatic amines is 1. The number of hydrogen-bond donors (Lipinski definition) is 1. The second kappa shape index (κ2) is 8.51. The molecular weight excluding hydrogens is 483 g/mol. The highest BCUT2D eigenvalue weighted by Gasteiger charge is 2.20. The molecule has 0 unspecified atom stereocenters. The molecule has 0 fully saturated rings. The highest BCUT2D eigenvalue weighted by atomic mass is 35.5. The summed E-state index contributed by atoms with van der Waals surface area (Å²) in [7, 11) is 1.28. The molecule has 3 heterocycles. The third-order valence-electron chi connectivity index (χ3n) is 4.49. The Labute approximate surface area is 195 Å². The lowest BCUT2D eigenvalue weighted by atomic mass is 10.2. The minimum absolute atomic E-state index is 0.149. The van der Waals surface area contributed by atoms with Crippen LogP contribution in [-0.2, 0) is 4.74 Å². The van der Waals surface area contributed by atoms with Gasteiger partial charge in [0.15, 0.2) is 5.82 Å². The summed E-state index contributed by atoms with van der Waals surface area (Å²) >= 11 is 19.7. The molecule has 31 heavy (non-hydrogen) atoms. The van der Waals surface area contributed by atoms with Gasteiger partial charge in [0.2, 0.25) is 0 Å². The van der Waals surface area contributed by atoms with E-state index in [1.165, 1.54) is 13.2 Å². The van der Waals surface area contributed by atoms with Gasteiger partial charge in [-0.1, -0.05) is 34.8 Å². The lowest BCUT2D eigenvalue weighted by Crippen LogP contribution is -2.10. The fourth-order valence-corrected chi connectivity index (χ4v) is 4.68. The summed E-state index contributed by atoms with van der Waals surface area (Å²) in [5.74, 6) is 0.564. The minimum atomic E-state index is -0.522. The smallest absolute Gasteiger partial charge is 0.348 e. The molecule has 10 heteroatoms. The predicted octanol–water partition coefficient (Wildman–Crippen LogP) is 6.38. The van der Waals surface area contributed by atoms with E-state index in [1.54, 1.807) is 37.3 Å². The number of methoxy groups -OCH3 is 1. The number of halogens is 3. The highest BCUT2D eigenvalue weighted by Crippen LogP contribution is 2.33. The van der Waals surface area contributed by atoms with Gasteiger partial charge in [0, 0.05) is 16.7 Å². The number of thiophene rings is 1. The van der Waals surface area contributed by atoms with Crippen LogP contribution in [0.3, 0.4) is 0 Å². The number of esters is 1. The van der Waals surface area contributed by atoms with Gasteiger partial charge < -0.3 is 14.1 Å². The molecule has 0 aliphatic heterocycles. The number of furan rings is 1. The third-order valence-corrected chi connectivity index (χ3v) is 6.51. The molecule has 0 aliphatic rings. The van der Waals surface area contributed by atoms with E-state index in [0.29, 0.717) is 47.8 Å². The molecule has 4 rings (SSSR count). The number of aryl methyl sites for hydroxylation is 1. The van der Waals surface area contributed by atoms with Crippen molar-refractivity contribution in [2.45, 2.75) is 6.92 Å². The van der Waals surface area contributed by atoms with E-state index in [4.69, 9.17) is 44.0 Å². The van der Waals surface area contributed by atoms with Crippen molar-refractivity contribution in [2.75, 3.05) is 7.11 Å². The number of aromatic nitrogens is 2. The lowest BCUT2D eigenvalue weighted by molar-refractivity contribution is 0.0605. The SMILES string of the molecule is COC(=O)c1sc2nc(/C(Cl)=C/c3ccc(-c4cc(Cl)ccc4Cl)o3)[nH]c(=O)c2c1C. The number of carbonyl (C=O) groups excluding carboxylic acids is 1. The van der Waals surface area contributed by atoms with Crippen molar-refractivity contribution < 1.29 is 13.9 Å². The maximum Gasteiger partial charge on any atom is 0.348 e. The summed E-state index contributed by atoms with van der Waals surface area (Å²) in [6.45, 7) is 1.67. The quantitative estimate of drug-likeness (QED) is 0.332. The van der Waals surface area contributed by atoms with Crippen LogP contribution < -0.4 is 5.56 Å². The van der Waals surface area contributed by atoms with Crippen LogP contribution in [0.4, 0.5) is 0 Å². The molecule has 4 aromatic rings. The molecule has 1 N–H and O–H groups in total. The first-order chi connectivity index (χ1) is 14.8. The molecule has 0 aliphatic carbocycles. The zero-order valence-electron chi connectivity index (χ0n) is 16.1. The van der Waals surface area contributed by atoms with E-state index in [9.17, 15) is 9.59 Å². The van der Waals surface area contributed by atoms with Crippen molar-refractivity contribution in [1.29, 1.82) is 0 Å². The Kier molecular flexibility index (Phi) is 5.94. The van der Waals surface area contributed by atoms with E-state index >= 15 is 0 Å². The molecule has 1 aromatic carbocycles. The fraction of sp³-hybridized carbons (Fsp3) is 0.0952. The normalized spacial score (nSPS) is 11.8. The number of hydrogen-bond acceptors (Lipinski definition) is 6. The molecule has 158 valence electrons. The molecule has 0 atom stereocenters. The van der Waals surface area contributed by atoms with Gasteiger partial charge in [-0.2, -0.15) is 0 Å². The highest BCUT2D eigenvalue weighted by molar-refractivity contribution is 7.20. The molecule has 0 bridgehead atoms. The number of nitrogens with one attached hydrogen (secondary N) is 1. The number of benzene rings is 1. The summed E-state index contributed by atoms with van der Waals surface area (Å²) in [4.78, 5) is 32.2. The lowest BCUT2D eigenvalue weighted by Gasteiger charge is -2.01. The standard InChI is InChI=1S/C21H13Cl3N2O4S/c1-9-16-19(27)25-18(26-20(16)31-17(9)21(28)29-2)14(24)8-11-4-6-15(30-11)12-7-10(22)3-5-13(12)23/h3-8H,1-2H3,(H,25,26,27)/b14-8-. The molecule has 6 nitrogen and oxygen atoms in total. The van der Waals surface area contributed by atoms with Crippen molar-refractivity contribution in [3.8, 4) is 11.3 Å². The Morgan fingerprint density at radius 2 is 2.03 bits per heavy atom. The number of ether oxygens (including phenoxy) is 1. The second-order valence-electron chi connectivity index (χ2n) is 6.46. The van der Waals surface area contributed by atoms with Gasteiger partial charge in [-0.05, 0) is 42.8 Å². The Morgan fingerprint density at radius 1 is 1.26 bits per heavy atom. The van der Waals surface area contributed by atoms with Crippen LogP contribution in [0.1, 0.15) is 26.8 Å². The monoisotopic (exact) mass is 494 g/mol. The average Bonchev–Trinajstić information content (AvgIpc) is 3.33. The van der Waals surface area contributed by atoms with E-state index < -0.39 is 11.5 Å². The maximum atomic E-state index is 12.6. The molecule has 0 saturated carbocycles. The molecule has 0 spiro atoms. The number of nitrogens with zero attached hydrogens (tertiary/aromatic N) is 1. The third kappa shape index (κ3) is 4.14. The number of fused-ring (bicyclic) bond motifs is 1. The van der Waals surface area contributed by atoms with E-state index in [-0.39, 0.29) is 10.9 Å². The van der Waals surface area contributed by atoms with E-state index in [2.05, 4.69) is 9.97 Å². The molecule has 0 radical (unpaired) electrons. The van der Waals surface area contributed by atoms with Crippen LogP contribution in [0, 0.1) is 6.92 Å². The first-order valence-electron chi connectivity index (χ1n) is 8.83. The first-order valence-corrected chi connectivity index (χ1v) is 10.8. The van der Waals surface area contributed by atoms with Crippen molar-refractivity contribution in [1.82, 2.24) is 9.97 Å². The van der Waals surface area contributed by atoms with Crippen LogP contribution in [0.15, 0.2) is 39.5 Å². The van der Waals surface area contributed by atoms with Gasteiger partial charge in [-0.3, -0.25) is 4.79 Å². The minimum Gasteiger partial charge on any atom is -0.465 e. The van der Waals surface area contributed by atoms with Crippen molar-refractivity contribution in [2.24, 2.45) is 0 Å². The Morgan fingerprint density at radius 3 is 2.77 bits per heavy atom. The predicted molar refractivity (Wildman–Crippen MR) is 124 cm³/mol. The summed E-state index contributed by atoms with van der Waals surface area (Å²) in [5.41, 5.74) is 0.755. The number of rotatable bonds is 4. The Hall–Kier alpha value is -2.58. The van der Waals surface area contributed by atoms with Gasteiger partial charge in [0.25, 0.3) is 5.56 Å². The summed E-state index contributed by atoms with van der Waals surface area (Å²) in [5, 5.41) is 1.50. The summed E-state index contributed by atoms with van der Waals surface area (Å²) in [6.07, 6.45) is 1.52. The summed E-state index contributed by atoms with van der Waals surface area (Å²) in [6, 6.07) is 8.50. The second-order valence-corrected chi connectivity index (χ2v) is 8.71. The van der Waals surface area contributed by atoms with Crippen molar-refractivity contribution in [3.63, 3.8) is 0 Å². The van der Waals surface area contributed by atoms with Crippen molar-refractivity contribution in [3.05, 3.63) is 72.8 Å². The van der Waals surface area contributed by atoms with E-state index in [0.717, 1.165) is 11.3 Å². The topological polar surface area (TPSA) is 85.2 Å². The first kappa shape index (κ1) is 21.6. The zero-order chi connectivity index (χ0) is 22.3. The van der Waals surface area contributed by atoms with Crippen LogP contribution >= 0.6 is 46.1 Å². The number of H-pyrrole nitrogens is 1. The average molecular weight is 496 g/mol. The summed E-state index contributed by atoms with van der Waals surface area (Å²) < 4.78 is 10.6. The molecule has 0 saturated heterocycles. The van der Waals surface area contributed by atoms with Crippen LogP contribution in [0.2, 0.25) is 10.0 Å². The Balaban J connectivity index is 1.72. The van der Waals surface area contributed by atoms with Crippen LogP contribution in [0.25, 0.3) is 32.6 Å². The Bertz CT molecular complexity index is 1420. The molecular formula is C21H13Cl3N2O4S.